The summed E-state index contributed by atoms with van der Waals surface area (Å²) in [5.74, 6) is -5.86. The van der Waals surface area contributed by atoms with Crippen LogP contribution in [0, 0.1) is 11.6 Å². The van der Waals surface area contributed by atoms with Crippen molar-refractivity contribution in [2.24, 2.45) is 0 Å². The molecule has 0 saturated carbocycles. The molecule has 32 heavy (non-hydrogen) atoms. The van der Waals surface area contributed by atoms with E-state index in [2.05, 4.69) is 14.7 Å². The van der Waals surface area contributed by atoms with E-state index >= 15 is 8.78 Å². The second-order valence-corrected chi connectivity index (χ2v) is 6.50. The summed E-state index contributed by atoms with van der Waals surface area (Å²) in [6.45, 7) is 0.553. The minimum absolute atomic E-state index is 0.0704. The summed E-state index contributed by atoms with van der Waals surface area (Å²) in [4.78, 5) is 7.67. The molecule has 1 unspecified atom stereocenters. The topological polar surface area (TPSA) is 47.5 Å². The largest absolute Gasteiger partial charge is 0.435 e. The molecule has 4 rings (SSSR count). The Morgan fingerprint density at radius 1 is 1.00 bits per heavy atom. The molecule has 1 aromatic heterocycles. The van der Waals surface area contributed by atoms with Crippen LogP contribution >= 0.6 is 0 Å². The van der Waals surface area contributed by atoms with E-state index < -0.39 is 47.6 Å². The van der Waals surface area contributed by atoms with Crippen LogP contribution in [-0.4, -0.2) is 23.2 Å². The lowest BCUT2D eigenvalue weighted by molar-refractivity contribution is -0.0904. The summed E-state index contributed by atoms with van der Waals surface area (Å²) in [7, 11) is 0. The zero-order chi connectivity index (χ0) is 23.5. The van der Waals surface area contributed by atoms with E-state index in [1.54, 1.807) is 0 Å². The van der Waals surface area contributed by atoms with E-state index in [0.29, 0.717) is 11.6 Å². The maximum atomic E-state index is 15.1. The maximum absolute atomic E-state index is 15.1. The van der Waals surface area contributed by atoms with E-state index in [0.717, 1.165) is 24.5 Å². The molecule has 1 atom stereocenters. The number of epoxide rings is 1. The van der Waals surface area contributed by atoms with Crippen molar-refractivity contribution in [3.63, 3.8) is 0 Å². The Balaban J connectivity index is 0.00000141. The smallest absolute Gasteiger partial charge is 0.387 e. The van der Waals surface area contributed by atoms with Gasteiger partial charge in [0, 0.05) is 17.2 Å². The molecule has 0 aliphatic carbocycles. The van der Waals surface area contributed by atoms with Crippen molar-refractivity contribution in [3.8, 4) is 17.0 Å². The van der Waals surface area contributed by atoms with Crippen LogP contribution < -0.4 is 4.74 Å². The second kappa shape index (κ2) is 9.15. The van der Waals surface area contributed by atoms with Crippen LogP contribution in [0.25, 0.3) is 11.3 Å². The zero-order valence-corrected chi connectivity index (χ0v) is 17.0. The number of alkyl halides is 4. The third-order valence-electron chi connectivity index (χ3n) is 4.66. The molecule has 1 saturated heterocycles. The van der Waals surface area contributed by atoms with E-state index in [-0.39, 0.29) is 11.4 Å². The molecule has 0 N–H and O–H groups in total. The molecule has 3 aromatic rings. The number of ether oxygens (including phenoxy) is 2. The lowest BCUT2D eigenvalue weighted by atomic mass is 9.90. The Labute approximate surface area is 179 Å². The minimum atomic E-state index is -3.74. The van der Waals surface area contributed by atoms with Gasteiger partial charge in [-0.15, -0.1) is 0 Å². The summed E-state index contributed by atoms with van der Waals surface area (Å²) >= 11 is 0. The molecule has 0 radical (unpaired) electrons. The van der Waals surface area contributed by atoms with Gasteiger partial charge in [0.05, 0.1) is 24.7 Å². The van der Waals surface area contributed by atoms with Crippen LogP contribution in [-0.2, 0) is 16.3 Å². The SMILES string of the molecule is CC.Fc1ccc(C2(C(F)(F)c3cnc(-c4ccc(OC(F)F)cc4)cn3)CO2)c(F)c1. The highest BCUT2D eigenvalue weighted by atomic mass is 19.3. The van der Waals surface area contributed by atoms with Gasteiger partial charge in [0.2, 0.25) is 0 Å². The van der Waals surface area contributed by atoms with E-state index in [4.69, 9.17) is 4.74 Å². The summed E-state index contributed by atoms with van der Waals surface area (Å²) in [5.41, 5.74) is -2.90. The van der Waals surface area contributed by atoms with Crippen molar-refractivity contribution in [1.29, 1.82) is 0 Å². The zero-order valence-electron chi connectivity index (χ0n) is 17.0. The molecule has 1 aliphatic rings. The normalized spacial score (nSPS) is 17.5. The van der Waals surface area contributed by atoms with E-state index in [1.807, 2.05) is 13.8 Å². The number of hydrogen-bond acceptors (Lipinski definition) is 4. The van der Waals surface area contributed by atoms with Crippen molar-refractivity contribution >= 4 is 0 Å². The number of benzene rings is 2. The molecule has 2 heterocycles. The molecule has 0 amide bonds. The van der Waals surface area contributed by atoms with Crippen molar-refractivity contribution in [3.05, 3.63) is 77.8 Å². The van der Waals surface area contributed by atoms with Gasteiger partial charge in [-0.3, -0.25) is 9.97 Å². The first-order valence-electron chi connectivity index (χ1n) is 9.58. The summed E-state index contributed by atoms with van der Waals surface area (Å²) in [6, 6.07) is 7.67. The molecule has 0 spiro atoms. The van der Waals surface area contributed by atoms with Crippen LogP contribution in [0.4, 0.5) is 26.3 Å². The predicted octanol–water partition coefficient (Wildman–Crippen LogP) is 6.07. The number of rotatable bonds is 6. The standard InChI is InChI=1S/C20H12F6N2O2.C2H6/c21-12-3-6-14(15(22)7-12)19(10-29-19)20(25,26)17-9-27-16(8-28-17)11-1-4-13(5-2-11)30-18(23)24;1-2/h1-9,18H,10H2;1-2H3. The van der Waals surface area contributed by atoms with Gasteiger partial charge in [-0.2, -0.15) is 17.6 Å². The minimum Gasteiger partial charge on any atom is -0.435 e. The Morgan fingerprint density at radius 2 is 1.66 bits per heavy atom. The Hall–Kier alpha value is -3.14. The van der Waals surface area contributed by atoms with Crippen LogP contribution in [0.15, 0.2) is 54.9 Å². The highest BCUT2D eigenvalue weighted by molar-refractivity contribution is 5.59. The average Bonchev–Trinajstić information content (AvgIpc) is 3.58. The second-order valence-electron chi connectivity index (χ2n) is 6.50. The van der Waals surface area contributed by atoms with Gasteiger partial charge in [-0.1, -0.05) is 13.8 Å². The molecule has 0 bridgehead atoms. The molecule has 170 valence electrons. The number of nitrogens with zero attached hydrogens (tertiary/aromatic N) is 2. The Morgan fingerprint density at radius 3 is 2.16 bits per heavy atom. The molecule has 1 aliphatic heterocycles. The predicted molar refractivity (Wildman–Crippen MR) is 103 cm³/mol. The summed E-state index contributed by atoms with van der Waals surface area (Å²) in [5, 5.41) is 0. The summed E-state index contributed by atoms with van der Waals surface area (Å²) < 4.78 is 91.0. The van der Waals surface area contributed by atoms with Gasteiger partial charge >= 0.3 is 12.5 Å². The van der Waals surface area contributed by atoms with Gasteiger partial charge in [-0.05, 0) is 36.4 Å². The first kappa shape index (κ1) is 23.5. The number of aromatic nitrogens is 2. The van der Waals surface area contributed by atoms with Gasteiger partial charge < -0.3 is 9.47 Å². The van der Waals surface area contributed by atoms with Gasteiger partial charge in [0.25, 0.3) is 0 Å². The molecular weight excluding hydrogens is 438 g/mol. The average molecular weight is 456 g/mol. The molecular formula is C22H18F6N2O2. The highest BCUT2D eigenvalue weighted by Crippen LogP contribution is 2.56. The number of hydrogen-bond donors (Lipinski definition) is 0. The highest BCUT2D eigenvalue weighted by Gasteiger charge is 2.68. The van der Waals surface area contributed by atoms with Crippen LogP contribution in [0.3, 0.4) is 0 Å². The number of halogens is 6. The molecule has 1 fully saturated rings. The lowest BCUT2D eigenvalue weighted by Gasteiger charge is -2.24. The van der Waals surface area contributed by atoms with Crippen molar-refractivity contribution in [1.82, 2.24) is 9.97 Å². The molecule has 2 aromatic carbocycles. The van der Waals surface area contributed by atoms with Gasteiger partial charge in [0.15, 0.2) is 5.60 Å². The van der Waals surface area contributed by atoms with Gasteiger partial charge in [0.1, 0.15) is 23.1 Å². The lowest BCUT2D eigenvalue weighted by Crippen LogP contribution is -2.34. The van der Waals surface area contributed by atoms with Crippen molar-refractivity contribution in [2.45, 2.75) is 32.0 Å². The molecule has 4 nitrogen and oxygen atoms in total. The first-order valence-corrected chi connectivity index (χ1v) is 9.58. The van der Waals surface area contributed by atoms with E-state index in [1.165, 1.54) is 24.3 Å². The fourth-order valence-electron chi connectivity index (χ4n) is 3.05. The van der Waals surface area contributed by atoms with Crippen LogP contribution in [0.1, 0.15) is 25.1 Å². The van der Waals surface area contributed by atoms with E-state index in [9.17, 15) is 17.6 Å². The Bertz CT molecular complexity index is 1060. The Kier molecular flexibility index (Phi) is 6.73. The molecule has 10 heteroatoms. The monoisotopic (exact) mass is 456 g/mol. The van der Waals surface area contributed by atoms with Crippen LogP contribution in [0.2, 0.25) is 0 Å². The quantitative estimate of drug-likeness (QED) is 0.334. The summed E-state index contributed by atoms with van der Waals surface area (Å²) in [6.07, 6.45) is 1.90. The fourth-order valence-corrected chi connectivity index (χ4v) is 3.05. The van der Waals surface area contributed by atoms with Gasteiger partial charge in [-0.25, -0.2) is 8.78 Å². The maximum Gasteiger partial charge on any atom is 0.387 e. The van der Waals surface area contributed by atoms with Crippen LogP contribution in [0.5, 0.6) is 5.75 Å². The van der Waals surface area contributed by atoms with Crippen molar-refractivity contribution in [2.75, 3.05) is 6.61 Å². The van der Waals surface area contributed by atoms with Crippen molar-refractivity contribution < 1.29 is 35.8 Å². The third-order valence-corrected chi connectivity index (χ3v) is 4.66. The first-order chi connectivity index (χ1) is 15.2. The fraction of sp³-hybridized carbons (Fsp3) is 0.273. The third kappa shape index (κ3) is 4.40.